The first-order valence-electron chi connectivity index (χ1n) is 15.5. The maximum atomic E-state index is 15.2. The molecule has 6 atom stereocenters. The van der Waals surface area contributed by atoms with Crippen molar-refractivity contribution < 1.29 is 51.0 Å². The summed E-state index contributed by atoms with van der Waals surface area (Å²) < 4.78 is 78.6. The number of ether oxygens (including phenoxy) is 1. The van der Waals surface area contributed by atoms with Crippen molar-refractivity contribution in [2.75, 3.05) is 16.9 Å². The van der Waals surface area contributed by atoms with Crippen LogP contribution in [0.15, 0.2) is 54.1 Å². The summed E-state index contributed by atoms with van der Waals surface area (Å²) in [6.45, 7) is 1.93. The summed E-state index contributed by atoms with van der Waals surface area (Å²) in [5, 5.41) is 11.1. The number of halogens is 7. The molecule has 2 aliphatic heterocycles. The number of hydrogen-bond donors (Lipinski definition) is 1. The number of allylic oxidation sites excluding steroid dienone is 2. The summed E-state index contributed by atoms with van der Waals surface area (Å²) in [7, 11) is 1.30. The number of methoxy groups -OCH3 is 1. The van der Waals surface area contributed by atoms with E-state index >= 15 is 8.78 Å². The van der Waals surface area contributed by atoms with Crippen molar-refractivity contribution in [1.29, 1.82) is 0 Å². The zero-order valence-corrected chi connectivity index (χ0v) is 27.6. The van der Waals surface area contributed by atoms with Crippen molar-refractivity contribution in [2.45, 2.75) is 41.9 Å². The van der Waals surface area contributed by atoms with Crippen LogP contribution in [0.1, 0.15) is 36.8 Å². The number of anilines is 2. The number of amides is 4. The number of imide groups is 2. The standard InChI is InChI=1S/C35H25Cl2F5N2O6/c1-3-14-4-6-15(7-5-14)43-30(46)18-10-9-17-20(22(18)31(43)47)13-34(36)32(48)44(29-27(41)25(39)24(38)26(40)28(29)42)33(49)35(34,37)23(17)19-12-16(50-2)8-11-21(19)45/h4-9,11-12,18,20,22-23,45H,3,10,13H2,1-2H3. The van der Waals surface area contributed by atoms with Gasteiger partial charge in [0.25, 0.3) is 11.8 Å². The predicted molar refractivity (Wildman–Crippen MR) is 169 cm³/mol. The number of fused-ring (bicyclic) bond motifs is 4. The molecule has 2 heterocycles. The molecule has 2 aliphatic carbocycles. The molecular weight excluding hydrogens is 710 g/mol. The second-order valence-corrected chi connectivity index (χ2v) is 13.9. The van der Waals surface area contributed by atoms with Gasteiger partial charge in [0.1, 0.15) is 17.2 Å². The third-order valence-corrected chi connectivity index (χ3v) is 11.8. The Kier molecular flexibility index (Phi) is 7.83. The highest BCUT2D eigenvalue weighted by molar-refractivity contribution is 6.58. The molecule has 1 saturated carbocycles. The first-order chi connectivity index (χ1) is 23.6. The minimum Gasteiger partial charge on any atom is -0.508 e. The van der Waals surface area contributed by atoms with Crippen LogP contribution >= 0.6 is 23.2 Å². The molecule has 0 aromatic heterocycles. The second-order valence-electron chi connectivity index (χ2n) is 12.6. The Morgan fingerprint density at radius 1 is 0.840 bits per heavy atom. The van der Waals surface area contributed by atoms with Crippen molar-refractivity contribution in [1.82, 2.24) is 0 Å². The van der Waals surface area contributed by atoms with Crippen LogP contribution in [0.2, 0.25) is 0 Å². The van der Waals surface area contributed by atoms with Crippen molar-refractivity contribution in [3.05, 3.63) is 94.3 Å². The van der Waals surface area contributed by atoms with Gasteiger partial charge in [-0.15, -0.1) is 23.2 Å². The number of rotatable bonds is 5. The molecule has 6 unspecified atom stereocenters. The molecule has 1 N–H and O–H groups in total. The van der Waals surface area contributed by atoms with E-state index in [9.17, 15) is 37.5 Å². The van der Waals surface area contributed by atoms with Crippen LogP contribution in [0.3, 0.4) is 0 Å². The van der Waals surface area contributed by atoms with E-state index in [4.69, 9.17) is 27.9 Å². The molecule has 0 radical (unpaired) electrons. The number of aromatic hydroxyl groups is 1. The van der Waals surface area contributed by atoms with Gasteiger partial charge in [-0.25, -0.2) is 26.9 Å². The van der Waals surface area contributed by atoms with Gasteiger partial charge in [0.15, 0.2) is 33.0 Å². The topological polar surface area (TPSA) is 104 Å². The third-order valence-electron chi connectivity index (χ3n) is 10.4. The predicted octanol–water partition coefficient (Wildman–Crippen LogP) is 6.43. The number of hydrogen-bond acceptors (Lipinski definition) is 6. The van der Waals surface area contributed by atoms with Crippen LogP contribution in [-0.2, 0) is 25.6 Å². The number of benzene rings is 3. The Hall–Kier alpha value is -4.49. The van der Waals surface area contributed by atoms with Gasteiger partial charge in [-0.2, -0.15) is 0 Å². The molecule has 3 aromatic rings. The van der Waals surface area contributed by atoms with E-state index in [-0.39, 0.29) is 28.2 Å². The average molecular weight is 735 g/mol. The van der Waals surface area contributed by atoms with Gasteiger partial charge in [-0.05, 0) is 61.1 Å². The quantitative estimate of drug-likeness (QED) is 0.0810. The summed E-state index contributed by atoms with van der Waals surface area (Å²) in [5.41, 5.74) is -0.590. The number of alkyl halides is 2. The van der Waals surface area contributed by atoms with Crippen LogP contribution in [-0.4, -0.2) is 45.6 Å². The second kappa shape index (κ2) is 11.5. The molecular formula is C35H25Cl2F5N2O6. The molecule has 50 heavy (non-hydrogen) atoms. The van der Waals surface area contributed by atoms with Gasteiger partial charge < -0.3 is 9.84 Å². The molecule has 3 aromatic carbocycles. The van der Waals surface area contributed by atoms with E-state index in [1.165, 1.54) is 25.3 Å². The van der Waals surface area contributed by atoms with E-state index in [0.717, 1.165) is 10.5 Å². The van der Waals surface area contributed by atoms with Crippen LogP contribution in [0.4, 0.5) is 33.3 Å². The van der Waals surface area contributed by atoms with Crippen molar-refractivity contribution >= 4 is 58.2 Å². The number of carbonyl (C=O) groups excluding carboxylic acids is 4. The summed E-state index contributed by atoms with van der Waals surface area (Å²) in [6.07, 6.45) is 1.54. The normalized spacial score (nSPS) is 28.9. The fourth-order valence-corrected chi connectivity index (χ4v) is 8.87. The molecule has 15 heteroatoms. The number of carbonyl (C=O) groups is 4. The first-order valence-corrected chi connectivity index (χ1v) is 16.2. The largest absolute Gasteiger partial charge is 0.508 e. The van der Waals surface area contributed by atoms with Gasteiger partial charge in [0.2, 0.25) is 17.6 Å². The minimum absolute atomic E-state index is 0.0441. The van der Waals surface area contributed by atoms with E-state index in [0.29, 0.717) is 12.1 Å². The lowest BCUT2D eigenvalue weighted by Gasteiger charge is -2.50. The van der Waals surface area contributed by atoms with Crippen molar-refractivity contribution in [3.63, 3.8) is 0 Å². The fraction of sp³-hybridized carbons (Fsp3) is 0.314. The lowest BCUT2D eigenvalue weighted by atomic mass is 9.56. The number of aryl methyl sites for hydroxylation is 1. The molecule has 3 fully saturated rings. The monoisotopic (exact) mass is 734 g/mol. The van der Waals surface area contributed by atoms with Gasteiger partial charge in [0, 0.05) is 11.5 Å². The molecule has 260 valence electrons. The SMILES string of the molecule is CCc1ccc(N2C(=O)C3CC=C4C(CC5(Cl)C(=O)N(c6c(F)c(F)c(F)c(F)c6F)C(=O)C5(Cl)C4c4cc(OC)ccc4O)C3C2=O)cc1. The highest BCUT2D eigenvalue weighted by Crippen LogP contribution is 2.67. The molecule has 8 nitrogen and oxygen atoms in total. The van der Waals surface area contributed by atoms with Crippen LogP contribution in [0.25, 0.3) is 0 Å². The zero-order chi connectivity index (χ0) is 36.2. The van der Waals surface area contributed by atoms with Gasteiger partial charge in [-0.1, -0.05) is 30.7 Å². The Balaban J connectivity index is 1.43. The van der Waals surface area contributed by atoms with Crippen molar-refractivity contribution in [2.24, 2.45) is 17.8 Å². The van der Waals surface area contributed by atoms with E-state index in [1.54, 1.807) is 30.3 Å². The zero-order valence-electron chi connectivity index (χ0n) is 26.1. The van der Waals surface area contributed by atoms with E-state index < -0.39 is 104 Å². The Bertz CT molecular complexity index is 2050. The Morgan fingerprint density at radius 3 is 2.06 bits per heavy atom. The molecule has 0 bridgehead atoms. The van der Waals surface area contributed by atoms with Crippen LogP contribution in [0.5, 0.6) is 11.5 Å². The molecule has 4 amide bonds. The van der Waals surface area contributed by atoms with Crippen molar-refractivity contribution in [3.8, 4) is 11.5 Å². The highest BCUT2D eigenvalue weighted by atomic mass is 35.5. The third kappa shape index (κ3) is 4.28. The number of phenols is 1. The van der Waals surface area contributed by atoms with E-state index in [2.05, 4.69) is 0 Å². The minimum atomic E-state index is -2.77. The average Bonchev–Trinajstić information content (AvgIpc) is 3.45. The first kappa shape index (κ1) is 34.0. The van der Waals surface area contributed by atoms with Crippen LogP contribution in [0, 0.1) is 46.8 Å². The van der Waals surface area contributed by atoms with Gasteiger partial charge >= 0.3 is 0 Å². The van der Waals surface area contributed by atoms with Gasteiger partial charge in [0.05, 0.1) is 24.6 Å². The summed E-state index contributed by atoms with van der Waals surface area (Å²) in [6, 6.07) is 10.6. The smallest absolute Gasteiger partial charge is 0.258 e. The highest BCUT2D eigenvalue weighted by Gasteiger charge is 2.77. The molecule has 7 rings (SSSR count). The summed E-state index contributed by atoms with van der Waals surface area (Å²) in [5.74, 6) is -22.0. The lowest BCUT2D eigenvalue weighted by molar-refractivity contribution is -0.125. The Labute approximate surface area is 291 Å². The number of phenolic OH excluding ortho intramolecular Hbond substituents is 1. The maximum Gasteiger partial charge on any atom is 0.258 e. The van der Waals surface area contributed by atoms with Crippen LogP contribution < -0.4 is 14.5 Å². The summed E-state index contributed by atoms with van der Waals surface area (Å²) >= 11 is 14.2. The maximum absolute atomic E-state index is 15.2. The molecule has 2 saturated heterocycles. The van der Waals surface area contributed by atoms with Gasteiger partial charge in [-0.3, -0.25) is 24.1 Å². The number of nitrogens with zero attached hydrogens (tertiary/aromatic N) is 2. The molecule has 4 aliphatic rings. The fourth-order valence-electron chi connectivity index (χ4n) is 7.94. The summed E-state index contributed by atoms with van der Waals surface area (Å²) in [4.78, 5) is 52.0. The Morgan fingerprint density at radius 2 is 1.46 bits per heavy atom. The van der Waals surface area contributed by atoms with E-state index in [1.807, 2.05) is 6.92 Å². The lowest BCUT2D eigenvalue weighted by Crippen LogP contribution is -2.60. The molecule has 0 spiro atoms.